The number of nitrogens with two attached hydrogens (primary N) is 1. The van der Waals surface area contributed by atoms with Gasteiger partial charge in [0.15, 0.2) is 0 Å². The number of hydrogen-bond acceptors (Lipinski definition) is 5. The van der Waals surface area contributed by atoms with E-state index in [0.29, 0.717) is 6.42 Å². The molecule has 1 unspecified atom stereocenters. The van der Waals surface area contributed by atoms with E-state index in [4.69, 9.17) is 11.0 Å². The number of piperidine rings is 1. The van der Waals surface area contributed by atoms with Crippen molar-refractivity contribution in [3.63, 3.8) is 0 Å². The first kappa shape index (κ1) is 12.1. The number of nitriles is 1. The van der Waals surface area contributed by atoms with Crippen molar-refractivity contribution in [1.29, 1.82) is 5.26 Å². The van der Waals surface area contributed by atoms with E-state index in [1.54, 1.807) is 6.07 Å². The second kappa shape index (κ2) is 5.23. The molecule has 1 aliphatic heterocycles. The fraction of sp³-hybridized carbons (Fsp3) is 0.556. The second-order valence-electron chi connectivity index (χ2n) is 3.40. The molecule has 7 nitrogen and oxygen atoms in total. The van der Waals surface area contributed by atoms with Crippen LogP contribution in [0.5, 0.6) is 0 Å². The molecule has 0 spiro atoms. The van der Waals surface area contributed by atoms with Crippen molar-refractivity contribution in [3.05, 3.63) is 0 Å². The molecule has 0 radical (unpaired) electrons. The van der Waals surface area contributed by atoms with Gasteiger partial charge in [0.05, 0.1) is 12.1 Å². The molecular weight excluding hydrogens is 212 g/mol. The van der Waals surface area contributed by atoms with Crippen molar-refractivity contribution in [2.45, 2.75) is 18.9 Å². The first-order chi connectivity index (χ1) is 7.56. The predicted octanol–water partition coefficient (Wildman–Crippen LogP) is -1.90. The Bertz CT molecular complexity index is 360. The number of carbonyl (C=O) groups is 3. The van der Waals surface area contributed by atoms with Gasteiger partial charge in [-0.25, -0.2) is 0 Å². The van der Waals surface area contributed by atoms with Crippen LogP contribution in [-0.2, 0) is 14.4 Å². The van der Waals surface area contributed by atoms with Gasteiger partial charge in [-0.15, -0.1) is 0 Å². The molecule has 3 N–H and O–H groups in total. The highest BCUT2D eigenvalue weighted by Crippen LogP contribution is 2.10. The molecule has 16 heavy (non-hydrogen) atoms. The number of nitrogens with one attached hydrogen (secondary N) is 1. The number of nitrogens with zero attached hydrogens (tertiary/aromatic N) is 2. The molecule has 1 aliphatic rings. The molecule has 0 saturated carbocycles. The molecule has 1 heterocycles. The fourth-order valence-corrected chi connectivity index (χ4v) is 1.36. The molecule has 7 heteroatoms. The van der Waals surface area contributed by atoms with Crippen molar-refractivity contribution in [2.24, 2.45) is 5.73 Å². The smallest absolute Gasteiger partial charge is 0.246 e. The van der Waals surface area contributed by atoms with E-state index < -0.39 is 23.8 Å². The molecule has 3 amide bonds. The molecule has 0 aliphatic carbocycles. The average molecular weight is 224 g/mol. The van der Waals surface area contributed by atoms with Crippen LogP contribution in [0.3, 0.4) is 0 Å². The highest BCUT2D eigenvalue weighted by Gasteiger charge is 2.32. The Morgan fingerprint density at radius 2 is 2.31 bits per heavy atom. The lowest BCUT2D eigenvalue weighted by Crippen LogP contribution is -2.54. The second-order valence-corrected chi connectivity index (χ2v) is 3.40. The number of imide groups is 1. The van der Waals surface area contributed by atoms with Crippen molar-refractivity contribution < 1.29 is 14.4 Å². The van der Waals surface area contributed by atoms with Crippen LogP contribution in [0.2, 0.25) is 0 Å². The minimum Gasteiger partial charge on any atom is -0.341 e. The van der Waals surface area contributed by atoms with E-state index >= 15 is 0 Å². The summed E-state index contributed by atoms with van der Waals surface area (Å²) in [6.07, 6.45) is 0.479. The van der Waals surface area contributed by atoms with Gasteiger partial charge < -0.3 is 11.1 Å². The van der Waals surface area contributed by atoms with Gasteiger partial charge in [-0.05, 0) is 6.42 Å². The lowest BCUT2D eigenvalue weighted by Gasteiger charge is -2.27. The standard InChI is InChI=1S/C9H12N4O3/c10-3-4-12-7(14)5-13-8(15)2-1-6(11)9(13)16/h6H,1-2,4-5,11H2,(H,12,14). The zero-order chi connectivity index (χ0) is 12.1. The molecule has 0 aromatic carbocycles. The number of rotatable bonds is 3. The summed E-state index contributed by atoms with van der Waals surface area (Å²) in [6, 6.07) is 1.00. The van der Waals surface area contributed by atoms with E-state index in [2.05, 4.69) is 5.32 Å². The molecule has 1 fully saturated rings. The minimum atomic E-state index is -0.721. The Labute approximate surface area is 92.2 Å². The first-order valence-corrected chi connectivity index (χ1v) is 4.79. The van der Waals surface area contributed by atoms with Crippen LogP contribution in [0.4, 0.5) is 0 Å². The maximum Gasteiger partial charge on any atom is 0.246 e. The third kappa shape index (κ3) is 2.77. The third-order valence-corrected chi connectivity index (χ3v) is 2.22. The predicted molar refractivity (Wildman–Crippen MR) is 52.6 cm³/mol. The lowest BCUT2D eigenvalue weighted by molar-refractivity contribution is -0.151. The molecule has 0 bridgehead atoms. The van der Waals surface area contributed by atoms with Crippen molar-refractivity contribution in [3.8, 4) is 6.07 Å². The van der Waals surface area contributed by atoms with Gasteiger partial charge in [0.25, 0.3) is 0 Å². The third-order valence-electron chi connectivity index (χ3n) is 2.22. The van der Waals surface area contributed by atoms with E-state index in [-0.39, 0.29) is 19.5 Å². The normalized spacial score (nSPS) is 20.5. The van der Waals surface area contributed by atoms with Gasteiger partial charge in [-0.1, -0.05) is 0 Å². The summed E-state index contributed by atoms with van der Waals surface area (Å²) in [6.45, 7) is -0.520. The highest BCUT2D eigenvalue weighted by molar-refractivity contribution is 6.03. The van der Waals surface area contributed by atoms with Crippen LogP contribution in [-0.4, -0.2) is 41.8 Å². The maximum atomic E-state index is 11.5. The Morgan fingerprint density at radius 3 is 2.94 bits per heavy atom. The monoisotopic (exact) mass is 224 g/mol. The Hall–Kier alpha value is -1.94. The van der Waals surface area contributed by atoms with E-state index in [1.807, 2.05) is 0 Å². The van der Waals surface area contributed by atoms with Crippen LogP contribution in [0, 0.1) is 11.3 Å². The molecule has 0 aromatic rings. The Balaban J connectivity index is 2.57. The van der Waals surface area contributed by atoms with Gasteiger partial charge >= 0.3 is 0 Å². The summed E-state index contributed by atoms with van der Waals surface area (Å²) in [5.74, 6) is -1.49. The minimum absolute atomic E-state index is 0.152. The zero-order valence-corrected chi connectivity index (χ0v) is 8.60. The van der Waals surface area contributed by atoms with Gasteiger partial charge in [0.2, 0.25) is 17.7 Å². The summed E-state index contributed by atoms with van der Waals surface area (Å²) >= 11 is 0. The van der Waals surface area contributed by atoms with Gasteiger partial charge in [0.1, 0.15) is 13.1 Å². The summed E-state index contributed by atoms with van der Waals surface area (Å²) in [5, 5.41) is 10.5. The average Bonchev–Trinajstić information content (AvgIpc) is 2.27. The van der Waals surface area contributed by atoms with Crippen molar-refractivity contribution >= 4 is 17.7 Å². The summed E-state index contributed by atoms with van der Waals surface area (Å²) in [7, 11) is 0. The fourth-order valence-electron chi connectivity index (χ4n) is 1.36. The first-order valence-electron chi connectivity index (χ1n) is 4.79. The number of amides is 3. The quantitative estimate of drug-likeness (QED) is 0.429. The lowest BCUT2D eigenvalue weighted by atomic mass is 10.1. The van der Waals surface area contributed by atoms with Crippen molar-refractivity contribution in [2.75, 3.05) is 13.1 Å². The van der Waals surface area contributed by atoms with Gasteiger partial charge in [-0.3, -0.25) is 19.3 Å². The van der Waals surface area contributed by atoms with Crippen LogP contribution < -0.4 is 11.1 Å². The molecule has 0 aromatic heterocycles. The SMILES string of the molecule is N#CCNC(=O)CN1C(=O)CCC(N)C1=O. The molecule has 86 valence electrons. The highest BCUT2D eigenvalue weighted by atomic mass is 16.2. The molecule has 1 saturated heterocycles. The summed E-state index contributed by atoms with van der Waals surface area (Å²) in [5.41, 5.74) is 5.48. The van der Waals surface area contributed by atoms with Crippen LogP contribution in [0.1, 0.15) is 12.8 Å². The van der Waals surface area contributed by atoms with E-state index in [9.17, 15) is 14.4 Å². The van der Waals surface area contributed by atoms with Crippen LogP contribution >= 0.6 is 0 Å². The zero-order valence-electron chi connectivity index (χ0n) is 8.60. The number of likely N-dealkylation sites (tertiary alicyclic amines) is 1. The Morgan fingerprint density at radius 1 is 1.62 bits per heavy atom. The summed E-state index contributed by atoms with van der Waals surface area (Å²) in [4.78, 5) is 34.9. The molecule has 1 atom stereocenters. The maximum absolute atomic E-state index is 11.5. The van der Waals surface area contributed by atoms with Crippen molar-refractivity contribution in [1.82, 2.24) is 10.2 Å². The molecular formula is C9H12N4O3. The van der Waals surface area contributed by atoms with Crippen LogP contribution in [0.15, 0.2) is 0 Å². The largest absolute Gasteiger partial charge is 0.341 e. The van der Waals surface area contributed by atoms with Crippen LogP contribution in [0.25, 0.3) is 0 Å². The molecule has 1 rings (SSSR count). The Kier molecular flexibility index (Phi) is 3.96. The number of carbonyl (C=O) groups excluding carboxylic acids is 3. The van der Waals surface area contributed by atoms with E-state index in [0.717, 1.165) is 4.90 Å². The summed E-state index contributed by atoms with van der Waals surface area (Å²) < 4.78 is 0. The number of hydrogen-bond donors (Lipinski definition) is 2. The van der Waals surface area contributed by atoms with Gasteiger partial charge in [-0.2, -0.15) is 5.26 Å². The van der Waals surface area contributed by atoms with Gasteiger partial charge in [0, 0.05) is 6.42 Å². The topological polar surface area (TPSA) is 116 Å². The van der Waals surface area contributed by atoms with E-state index in [1.165, 1.54) is 0 Å².